The minimum Gasteiger partial charge on any atom is -0.329 e. The quantitative estimate of drug-likeness (QED) is 0.888. The molecule has 0 radical (unpaired) electrons. The Morgan fingerprint density at radius 1 is 1.28 bits per heavy atom. The molecular formula is C16H26N2. The third kappa shape index (κ3) is 2.93. The molecule has 1 aromatic rings. The lowest BCUT2D eigenvalue weighted by atomic mass is 9.91. The van der Waals surface area contributed by atoms with Crippen LogP contribution in [0.15, 0.2) is 18.2 Å². The van der Waals surface area contributed by atoms with E-state index in [1.54, 1.807) is 0 Å². The summed E-state index contributed by atoms with van der Waals surface area (Å²) in [6.07, 6.45) is 2.56. The van der Waals surface area contributed by atoms with Crippen molar-refractivity contribution in [2.24, 2.45) is 11.7 Å². The van der Waals surface area contributed by atoms with Crippen LogP contribution in [0.3, 0.4) is 0 Å². The van der Waals surface area contributed by atoms with E-state index in [0.29, 0.717) is 6.04 Å². The summed E-state index contributed by atoms with van der Waals surface area (Å²) in [6, 6.07) is 7.14. The molecule has 1 aromatic carbocycles. The molecule has 100 valence electrons. The van der Waals surface area contributed by atoms with Crippen molar-refractivity contribution in [2.45, 2.75) is 46.2 Å². The van der Waals surface area contributed by atoms with Crippen LogP contribution in [0.25, 0.3) is 0 Å². The number of nitrogens with two attached hydrogens (primary N) is 1. The van der Waals surface area contributed by atoms with E-state index >= 15 is 0 Å². The Bertz CT molecular complexity index is 380. The van der Waals surface area contributed by atoms with Crippen molar-refractivity contribution in [1.29, 1.82) is 0 Å². The number of nitrogens with zero attached hydrogens (tertiary/aromatic N) is 1. The first-order valence-corrected chi connectivity index (χ1v) is 7.11. The summed E-state index contributed by atoms with van der Waals surface area (Å²) in [7, 11) is 0. The molecule has 2 atom stereocenters. The smallest absolute Gasteiger partial charge is 0.0242 e. The van der Waals surface area contributed by atoms with E-state index < -0.39 is 0 Å². The summed E-state index contributed by atoms with van der Waals surface area (Å²) >= 11 is 0. The van der Waals surface area contributed by atoms with Gasteiger partial charge in [0.05, 0.1) is 0 Å². The van der Waals surface area contributed by atoms with E-state index in [9.17, 15) is 0 Å². The molecule has 1 aliphatic heterocycles. The number of benzene rings is 1. The predicted molar refractivity (Wildman–Crippen MR) is 77.6 cm³/mol. The lowest BCUT2D eigenvalue weighted by Gasteiger charge is -2.38. The molecule has 2 unspecified atom stereocenters. The summed E-state index contributed by atoms with van der Waals surface area (Å²) in [5, 5.41) is 0. The zero-order valence-corrected chi connectivity index (χ0v) is 11.9. The second-order valence-electron chi connectivity index (χ2n) is 5.86. The van der Waals surface area contributed by atoms with Crippen molar-refractivity contribution < 1.29 is 0 Å². The van der Waals surface area contributed by atoms with Gasteiger partial charge in [-0.05, 0) is 55.8 Å². The number of aryl methyl sites for hydroxylation is 2. The van der Waals surface area contributed by atoms with Gasteiger partial charge in [0, 0.05) is 19.1 Å². The molecule has 18 heavy (non-hydrogen) atoms. The van der Waals surface area contributed by atoms with Crippen molar-refractivity contribution >= 4 is 0 Å². The van der Waals surface area contributed by atoms with Crippen LogP contribution in [0.4, 0.5) is 0 Å². The van der Waals surface area contributed by atoms with Gasteiger partial charge in [-0.3, -0.25) is 4.90 Å². The first-order valence-electron chi connectivity index (χ1n) is 7.11. The Kier molecular flexibility index (Phi) is 4.41. The minimum atomic E-state index is 0.563. The fourth-order valence-electron chi connectivity index (χ4n) is 3.06. The van der Waals surface area contributed by atoms with Gasteiger partial charge in [-0.15, -0.1) is 0 Å². The Balaban J connectivity index is 2.12. The van der Waals surface area contributed by atoms with Gasteiger partial charge in [-0.2, -0.15) is 0 Å². The van der Waals surface area contributed by atoms with E-state index in [0.717, 1.165) is 19.0 Å². The maximum Gasteiger partial charge on any atom is 0.0242 e. The van der Waals surface area contributed by atoms with Crippen LogP contribution < -0.4 is 5.73 Å². The van der Waals surface area contributed by atoms with E-state index in [4.69, 9.17) is 5.73 Å². The summed E-state index contributed by atoms with van der Waals surface area (Å²) in [5.74, 6) is 0.827. The standard InChI is InChI=1S/C16H26N2/c1-12-7-8-18(15(9-12)10-17)11-16-13(2)5-4-6-14(16)3/h4-6,12,15H,7-11,17H2,1-3H3. The highest BCUT2D eigenvalue weighted by molar-refractivity contribution is 5.33. The normalized spacial score (nSPS) is 25.3. The molecule has 0 bridgehead atoms. The SMILES string of the molecule is Cc1cccc(C)c1CN1CCC(C)CC1CN. The highest BCUT2D eigenvalue weighted by Gasteiger charge is 2.25. The van der Waals surface area contributed by atoms with Gasteiger partial charge in [0.1, 0.15) is 0 Å². The topological polar surface area (TPSA) is 29.3 Å². The lowest BCUT2D eigenvalue weighted by Crippen LogP contribution is -2.45. The molecule has 1 heterocycles. The van der Waals surface area contributed by atoms with Crippen molar-refractivity contribution in [3.05, 3.63) is 34.9 Å². The van der Waals surface area contributed by atoms with Crippen molar-refractivity contribution in [1.82, 2.24) is 4.90 Å². The number of likely N-dealkylation sites (tertiary alicyclic amines) is 1. The fourth-order valence-corrected chi connectivity index (χ4v) is 3.06. The van der Waals surface area contributed by atoms with Crippen LogP contribution in [-0.4, -0.2) is 24.0 Å². The van der Waals surface area contributed by atoms with Crippen LogP contribution in [0.1, 0.15) is 36.5 Å². The fraction of sp³-hybridized carbons (Fsp3) is 0.625. The molecule has 1 saturated heterocycles. The number of rotatable bonds is 3. The molecule has 0 spiro atoms. The van der Waals surface area contributed by atoms with Gasteiger partial charge in [-0.1, -0.05) is 25.1 Å². The van der Waals surface area contributed by atoms with Gasteiger partial charge in [-0.25, -0.2) is 0 Å². The monoisotopic (exact) mass is 246 g/mol. The first kappa shape index (κ1) is 13.6. The Hall–Kier alpha value is -0.860. The van der Waals surface area contributed by atoms with Crippen molar-refractivity contribution in [3.63, 3.8) is 0 Å². The molecule has 2 N–H and O–H groups in total. The maximum atomic E-state index is 5.94. The molecule has 2 rings (SSSR count). The second kappa shape index (κ2) is 5.85. The lowest BCUT2D eigenvalue weighted by molar-refractivity contribution is 0.115. The van der Waals surface area contributed by atoms with Crippen molar-refractivity contribution in [2.75, 3.05) is 13.1 Å². The average Bonchev–Trinajstić information content (AvgIpc) is 2.35. The molecule has 0 aromatic heterocycles. The van der Waals surface area contributed by atoms with Gasteiger partial charge in [0.15, 0.2) is 0 Å². The Morgan fingerprint density at radius 3 is 2.56 bits per heavy atom. The van der Waals surface area contributed by atoms with Crippen molar-refractivity contribution in [3.8, 4) is 0 Å². The zero-order valence-electron chi connectivity index (χ0n) is 11.9. The number of hydrogen-bond acceptors (Lipinski definition) is 2. The minimum absolute atomic E-state index is 0.563. The van der Waals surface area contributed by atoms with Crippen LogP contribution >= 0.6 is 0 Å². The number of piperidine rings is 1. The van der Waals surface area contributed by atoms with Gasteiger partial charge < -0.3 is 5.73 Å². The maximum absolute atomic E-state index is 5.94. The van der Waals surface area contributed by atoms with Crippen LogP contribution in [-0.2, 0) is 6.54 Å². The summed E-state index contributed by atoms with van der Waals surface area (Å²) in [6.45, 7) is 9.82. The Labute approximate surface area is 111 Å². The largest absolute Gasteiger partial charge is 0.329 e. The molecule has 2 heteroatoms. The van der Waals surface area contributed by atoms with Gasteiger partial charge >= 0.3 is 0 Å². The van der Waals surface area contributed by atoms with Gasteiger partial charge in [0.2, 0.25) is 0 Å². The van der Waals surface area contributed by atoms with E-state index in [2.05, 4.69) is 43.9 Å². The molecule has 2 nitrogen and oxygen atoms in total. The van der Waals surface area contributed by atoms with Crippen LogP contribution in [0, 0.1) is 19.8 Å². The zero-order chi connectivity index (χ0) is 13.1. The molecule has 1 aliphatic rings. The second-order valence-corrected chi connectivity index (χ2v) is 5.86. The highest BCUT2D eigenvalue weighted by Crippen LogP contribution is 2.25. The average molecular weight is 246 g/mol. The third-order valence-corrected chi connectivity index (χ3v) is 4.38. The van der Waals surface area contributed by atoms with E-state index in [-0.39, 0.29) is 0 Å². The molecule has 0 aliphatic carbocycles. The van der Waals surface area contributed by atoms with Gasteiger partial charge in [0.25, 0.3) is 0 Å². The molecule has 0 amide bonds. The predicted octanol–water partition coefficient (Wildman–Crippen LogP) is 2.86. The summed E-state index contributed by atoms with van der Waals surface area (Å²) in [4.78, 5) is 2.58. The molecule has 1 fully saturated rings. The van der Waals surface area contributed by atoms with Crippen LogP contribution in [0.2, 0.25) is 0 Å². The van der Waals surface area contributed by atoms with E-state index in [1.807, 2.05) is 0 Å². The van der Waals surface area contributed by atoms with Crippen LogP contribution in [0.5, 0.6) is 0 Å². The third-order valence-electron chi connectivity index (χ3n) is 4.38. The number of hydrogen-bond donors (Lipinski definition) is 1. The highest BCUT2D eigenvalue weighted by atomic mass is 15.2. The summed E-state index contributed by atoms with van der Waals surface area (Å²) < 4.78 is 0. The molecular weight excluding hydrogens is 220 g/mol. The Morgan fingerprint density at radius 2 is 1.94 bits per heavy atom. The molecule has 0 saturated carbocycles. The first-order chi connectivity index (χ1) is 8.61. The van der Waals surface area contributed by atoms with E-state index in [1.165, 1.54) is 36.1 Å². The summed E-state index contributed by atoms with van der Waals surface area (Å²) in [5.41, 5.74) is 10.2.